The van der Waals surface area contributed by atoms with Gasteiger partial charge in [-0.2, -0.15) is 0 Å². The number of para-hydroxylation sites is 3. The van der Waals surface area contributed by atoms with Crippen LogP contribution in [0.1, 0.15) is 24.0 Å². The number of nitrogens with zero attached hydrogens (tertiary/aromatic N) is 2. The van der Waals surface area contributed by atoms with Crippen LogP contribution in [-0.2, 0) is 0 Å². The third-order valence-electron chi connectivity index (χ3n) is 12.0. The summed E-state index contributed by atoms with van der Waals surface area (Å²) in [6.07, 6.45) is 6.83. The van der Waals surface area contributed by atoms with Gasteiger partial charge in [-0.1, -0.05) is 164 Å². The molecule has 0 bridgehead atoms. The highest BCUT2D eigenvalue weighted by atomic mass is 16.3. The first-order valence-corrected chi connectivity index (χ1v) is 21.3. The molecule has 0 aliphatic heterocycles. The lowest BCUT2D eigenvalue weighted by Crippen LogP contribution is -2.09. The number of hydrogen-bond donors (Lipinski definition) is 0. The van der Waals surface area contributed by atoms with E-state index in [1.165, 1.54) is 60.9 Å². The molecule has 3 nitrogen and oxygen atoms in total. The smallest absolute Gasteiger partial charge is 0.227 e. The van der Waals surface area contributed by atoms with Gasteiger partial charge in [0.15, 0.2) is 5.58 Å². The van der Waals surface area contributed by atoms with Crippen molar-refractivity contribution in [3.63, 3.8) is 0 Å². The van der Waals surface area contributed by atoms with Gasteiger partial charge in [-0.25, -0.2) is 4.98 Å². The summed E-state index contributed by atoms with van der Waals surface area (Å²) in [5.41, 5.74) is 18.1. The number of rotatable bonds is 9. The lowest BCUT2D eigenvalue weighted by molar-refractivity contribution is 0.620. The van der Waals surface area contributed by atoms with Gasteiger partial charge in [-0.15, -0.1) is 0 Å². The molecule has 0 fully saturated rings. The summed E-state index contributed by atoms with van der Waals surface area (Å²) in [6.45, 7) is 0. The predicted molar refractivity (Wildman–Crippen MR) is 260 cm³/mol. The molecule has 0 unspecified atom stereocenters. The van der Waals surface area contributed by atoms with Crippen molar-refractivity contribution in [2.24, 2.45) is 0 Å². The zero-order chi connectivity index (χ0) is 41.2. The molecule has 1 heterocycles. The minimum Gasteiger partial charge on any atom is -0.436 e. The van der Waals surface area contributed by atoms with Gasteiger partial charge in [0.1, 0.15) is 5.52 Å². The SMILES string of the molecule is C1=C(c2ccc(N(c3ccccc3)c3ccc(-c4ccc(-c5ccc6ccccc6c5)cc4)cc3)cc2)C(c2ccccc2-c2ccc(-c3nc4ccccc4o3)cc2)=CCC1. The van der Waals surface area contributed by atoms with Crippen LogP contribution in [0.4, 0.5) is 17.1 Å². The fraction of sp³-hybridized carbons (Fsp3) is 0.0339. The Bertz CT molecular complexity index is 3210. The van der Waals surface area contributed by atoms with E-state index in [0.717, 1.165) is 52.1 Å². The summed E-state index contributed by atoms with van der Waals surface area (Å²) < 4.78 is 6.07. The molecular weight excluding hydrogens is 753 g/mol. The lowest BCUT2D eigenvalue weighted by Gasteiger charge is -2.26. The Morgan fingerprint density at radius 3 is 1.56 bits per heavy atom. The van der Waals surface area contributed by atoms with Gasteiger partial charge < -0.3 is 9.32 Å². The number of anilines is 3. The molecule has 3 heteroatoms. The predicted octanol–water partition coefficient (Wildman–Crippen LogP) is 16.4. The largest absolute Gasteiger partial charge is 0.436 e. The van der Waals surface area contributed by atoms with Gasteiger partial charge in [0.2, 0.25) is 5.89 Å². The van der Waals surface area contributed by atoms with Gasteiger partial charge in [0.25, 0.3) is 0 Å². The van der Waals surface area contributed by atoms with Gasteiger partial charge >= 0.3 is 0 Å². The molecule has 1 aliphatic rings. The number of aromatic nitrogens is 1. The molecule has 11 rings (SSSR count). The van der Waals surface area contributed by atoms with Crippen molar-refractivity contribution in [3.05, 3.63) is 242 Å². The molecule has 0 saturated heterocycles. The molecule has 0 atom stereocenters. The van der Waals surface area contributed by atoms with Gasteiger partial charge in [-0.05, 0) is 146 Å². The van der Waals surface area contributed by atoms with Gasteiger partial charge in [-0.3, -0.25) is 0 Å². The van der Waals surface area contributed by atoms with Crippen molar-refractivity contribution in [2.75, 3.05) is 4.90 Å². The summed E-state index contributed by atoms with van der Waals surface area (Å²) in [5.74, 6) is 0.636. The normalized spacial score (nSPS) is 12.6. The van der Waals surface area contributed by atoms with Crippen LogP contribution in [-0.4, -0.2) is 4.98 Å². The summed E-state index contributed by atoms with van der Waals surface area (Å²) in [6, 6.07) is 78.0. The third kappa shape index (κ3) is 7.20. The quantitative estimate of drug-likeness (QED) is 0.146. The second kappa shape index (κ2) is 16.2. The second-order valence-corrected chi connectivity index (χ2v) is 15.8. The number of benzene rings is 9. The summed E-state index contributed by atoms with van der Waals surface area (Å²) in [5, 5.41) is 2.52. The van der Waals surface area contributed by atoms with E-state index in [9.17, 15) is 0 Å². The van der Waals surface area contributed by atoms with Crippen LogP contribution in [0.25, 0.3) is 77.9 Å². The maximum Gasteiger partial charge on any atom is 0.227 e. The summed E-state index contributed by atoms with van der Waals surface area (Å²) in [4.78, 5) is 7.05. The van der Waals surface area contributed by atoms with E-state index >= 15 is 0 Å². The lowest BCUT2D eigenvalue weighted by atomic mass is 9.84. The average Bonchev–Trinajstić information content (AvgIpc) is 3.80. The van der Waals surface area contributed by atoms with Crippen LogP contribution in [0, 0.1) is 0 Å². The van der Waals surface area contributed by atoms with Crippen LogP contribution in [0.5, 0.6) is 0 Å². The van der Waals surface area contributed by atoms with Crippen LogP contribution in [0.2, 0.25) is 0 Å². The van der Waals surface area contributed by atoms with E-state index < -0.39 is 0 Å². The van der Waals surface area contributed by atoms with Crippen molar-refractivity contribution in [2.45, 2.75) is 12.8 Å². The van der Waals surface area contributed by atoms with Crippen LogP contribution in [0.15, 0.2) is 235 Å². The first-order chi connectivity index (χ1) is 30.7. The van der Waals surface area contributed by atoms with E-state index in [1.54, 1.807) is 0 Å². The van der Waals surface area contributed by atoms with E-state index in [-0.39, 0.29) is 0 Å². The Morgan fingerprint density at radius 2 is 0.855 bits per heavy atom. The van der Waals surface area contributed by atoms with Crippen molar-refractivity contribution in [1.29, 1.82) is 0 Å². The van der Waals surface area contributed by atoms with Crippen LogP contribution in [0.3, 0.4) is 0 Å². The Labute approximate surface area is 362 Å². The Balaban J connectivity index is 0.857. The van der Waals surface area contributed by atoms with Crippen LogP contribution < -0.4 is 4.90 Å². The molecule has 0 N–H and O–H groups in total. The second-order valence-electron chi connectivity index (χ2n) is 15.8. The number of hydrogen-bond acceptors (Lipinski definition) is 3. The molecule has 1 aliphatic carbocycles. The van der Waals surface area contributed by atoms with E-state index in [4.69, 9.17) is 9.40 Å². The molecule has 1 aromatic heterocycles. The zero-order valence-electron chi connectivity index (χ0n) is 34.2. The number of allylic oxidation sites excluding steroid dienone is 4. The molecule has 62 heavy (non-hydrogen) atoms. The molecular formula is C59H42N2O. The standard InChI is InChI=1S/C59H42N2O/c1-2-14-50(15-3-1)61(51-36-32-43(33-37-51)42-22-24-44(25-23-42)49-31-26-41-12-4-5-13-48(41)40-49)52-38-34-46(35-39-52)54-17-7-9-19-56(54)55-18-8-6-16-53(55)45-27-29-47(30-28-45)59-60-57-20-10-11-21-58(57)62-59/h1-6,8,10-40H,7,9H2. The van der Waals surface area contributed by atoms with E-state index in [0.29, 0.717) is 5.89 Å². The fourth-order valence-electron chi connectivity index (χ4n) is 8.80. The third-order valence-corrected chi connectivity index (χ3v) is 12.0. The zero-order valence-corrected chi connectivity index (χ0v) is 34.2. The molecule has 9 aromatic carbocycles. The van der Waals surface area contributed by atoms with E-state index in [1.807, 2.05) is 24.3 Å². The number of fused-ring (bicyclic) bond motifs is 2. The average molecular weight is 795 g/mol. The first kappa shape index (κ1) is 37.0. The van der Waals surface area contributed by atoms with Crippen molar-refractivity contribution >= 4 is 50.1 Å². The molecule has 0 radical (unpaired) electrons. The van der Waals surface area contributed by atoms with Crippen molar-refractivity contribution < 1.29 is 4.42 Å². The molecule has 0 spiro atoms. The topological polar surface area (TPSA) is 29.3 Å². The van der Waals surface area contributed by atoms with Gasteiger partial charge in [0.05, 0.1) is 0 Å². The molecule has 0 saturated carbocycles. The minimum absolute atomic E-state index is 0.636. The Morgan fingerprint density at radius 1 is 0.355 bits per heavy atom. The molecule has 294 valence electrons. The van der Waals surface area contributed by atoms with Crippen molar-refractivity contribution in [3.8, 4) is 44.8 Å². The monoisotopic (exact) mass is 794 g/mol. The van der Waals surface area contributed by atoms with Crippen LogP contribution >= 0.6 is 0 Å². The summed E-state index contributed by atoms with van der Waals surface area (Å²) in [7, 11) is 0. The first-order valence-electron chi connectivity index (χ1n) is 21.3. The maximum absolute atomic E-state index is 6.07. The Kier molecular flexibility index (Phi) is 9.68. The fourth-order valence-corrected chi connectivity index (χ4v) is 8.80. The van der Waals surface area contributed by atoms with Gasteiger partial charge in [0, 0.05) is 22.6 Å². The maximum atomic E-state index is 6.07. The Hall–Kier alpha value is -8.01. The highest BCUT2D eigenvalue weighted by molar-refractivity contribution is 6.08. The van der Waals surface area contributed by atoms with E-state index in [2.05, 4.69) is 211 Å². The van der Waals surface area contributed by atoms with Crippen molar-refractivity contribution in [1.82, 2.24) is 4.98 Å². The highest BCUT2D eigenvalue weighted by Gasteiger charge is 2.19. The number of oxazole rings is 1. The molecule has 10 aromatic rings. The highest BCUT2D eigenvalue weighted by Crippen LogP contribution is 2.42. The summed E-state index contributed by atoms with van der Waals surface area (Å²) >= 11 is 0. The molecule has 0 amide bonds. The minimum atomic E-state index is 0.636.